The van der Waals surface area contributed by atoms with Crippen molar-refractivity contribution in [1.29, 1.82) is 5.26 Å². The van der Waals surface area contributed by atoms with Crippen molar-refractivity contribution >= 4 is 5.78 Å². The third-order valence-electron chi connectivity index (χ3n) is 1.97. The summed E-state index contributed by atoms with van der Waals surface area (Å²) in [6.45, 7) is 0. The van der Waals surface area contributed by atoms with Gasteiger partial charge in [0.15, 0.2) is 0 Å². The second-order valence-electron chi connectivity index (χ2n) is 2.84. The van der Waals surface area contributed by atoms with Crippen molar-refractivity contribution in [2.24, 2.45) is 0 Å². The third-order valence-corrected chi connectivity index (χ3v) is 1.97. The van der Waals surface area contributed by atoms with Crippen molar-refractivity contribution in [3.63, 3.8) is 0 Å². The molecule has 0 radical (unpaired) electrons. The summed E-state index contributed by atoms with van der Waals surface area (Å²) in [6, 6.07) is 8.31. The van der Waals surface area contributed by atoms with Crippen molar-refractivity contribution in [2.75, 3.05) is 14.2 Å². The summed E-state index contributed by atoms with van der Waals surface area (Å²) in [5.41, 5.74) is 0.434. The maximum absolute atomic E-state index is 11.6. The number of carbonyl (C=O) groups excluding carboxylic acids is 1. The molecule has 78 valence electrons. The number of nitrogens with zero attached hydrogens (tertiary/aromatic N) is 1. The largest absolute Gasteiger partial charge is 0.497 e. The predicted octanol–water partition coefficient (Wildman–Crippen LogP) is 1.42. The Labute approximate surface area is 88.0 Å². The van der Waals surface area contributed by atoms with E-state index in [1.54, 1.807) is 37.4 Å². The number of nitriles is 1. The Morgan fingerprint density at radius 3 is 2.33 bits per heavy atom. The van der Waals surface area contributed by atoms with Gasteiger partial charge in [-0.25, -0.2) is 0 Å². The highest BCUT2D eigenvalue weighted by Crippen LogP contribution is 2.13. The molecule has 0 aliphatic heterocycles. The molecule has 0 saturated carbocycles. The van der Waals surface area contributed by atoms with Crippen molar-refractivity contribution in [1.82, 2.24) is 0 Å². The van der Waals surface area contributed by atoms with E-state index in [2.05, 4.69) is 0 Å². The van der Waals surface area contributed by atoms with Crippen LogP contribution in [0.2, 0.25) is 0 Å². The van der Waals surface area contributed by atoms with Crippen molar-refractivity contribution < 1.29 is 14.3 Å². The Bertz CT molecular complexity index is 378. The van der Waals surface area contributed by atoms with Gasteiger partial charge in [0.2, 0.25) is 11.9 Å². The first-order chi connectivity index (χ1) is 7.22. The van der Waals surface area contributed by atoms with Crippen LogP contribution in [0, 0.1) is 11.3 Å². The molecule has 1 rings (SSSR count). The molecule has 1 aromatic carbocycles. The topological polar surface area (TPSA) is 59.3 Å². The van der Waals surface area contributed by atoms with Crippen molar-refractivity contribution in [3.8, 4) is 11.8 Å². The van der Waals surface area contributed by atoms with Gasteiger partial charge < -0.3 is 9.47 Å². The molecular weight excluding hydrogens is 194 g/mol. The summed E-state index contributed by atoms with van der Waals surface area (Å²) in [5, 5.41) is 8.64. The molecule has 0 fully saturated rings. The van der Waals surface area contributed by atoms with E-state index in [9.17, 15) is 4.79 Å². The van der Waals surface area contributed by atoms with Gasteiger partial charge in [0.1, 0.15) is 11.8 Å². The smallest absolute Gasteiger partial charge is 0.206 e. The highest BCUT2D eigenvalue weighted by molar-refractivity contribution is 6.01. The van der Waals surface area contributed by atoms with Crippen LogP contribution in [0.15, 0.2) is 24.3 Å². The summed E-state index contributed by atoms with van der Waals surface area (Å²) >= 11 is 0. The van der Waals surface area contributed by atoms with E-state index < -0.39 is 6.10 Å². The minimum Gasteiger partial charge on any atom is -0.497 e. The first kappa shape index (κ1) is 11.2. The van der Waals surface area contributed by atoms with E-state index in [4.69, 9.17) is 14.7 Å². The SMILES string of the molecule is COc1ccc(C(=O)C(C#N)OC)cc1. The maximum Gasteiger partial charge on any atom is 0.206 e. The van der Waals surface area contributed by atoms with Gasteiger partial charge >= 0.3 is 0 Å². The van der Waals surface area contributed by atoms with E-state index in [0.29, 0.717) is 11.3 Å². The fourth-order valence-corrected chi connectivity index (χ4v) is 1.13. The number of carbonyl (C=O) groups is 1. The van der Waals surface area contributed by atoms with Crippen molar-refractivity contribution in [2.45, 2.75) is 6.10 Å². The zero-order valence-corrected chi connectivity index (χ0v) is 8.56. The summed E-state index contributed by atoms with van der Waals surface area (Å²) < 4.78 is 9.68. The number of rotatable bonds is 4. The minimum atomic E-state index is -1.04. The van der Waals surface area contributed by atoms with Gasteiger partial charge in [-0.05, 0) is 24.3 Å². The molecule has 0 N–H and O–H groups in total. The maximum atomic E-state index is 11.6. The number of Topliss-reactive ketones (excluding diaryl/α,β-unsaturated/α-hetero) is 1. The Balaban J connectivity index is 2.88. The minimum absolute atomic E-state index is 0.345. The van der Waals surface area contributed by atoms with Crippen LogP contribution < -0.4 is 4.74 Å². The lowest BCUT2D eigenvalue weighted by Gasteiger charge is -2.06. The molecule has 0 amide bonds. The van der Waals surface area contributed by atoms with Gasteiger partial charge in [0.05, 0.1) is 7.11 Å². The van der Waals surface area contributed by atoms with Gasteiger partial charge in [0.25, 0.3) is 0 Å². The molecule has 15 heavy (non-hydrogen) atoms. The number of hydrogen-bond donors (Lipinski definition) is 0. The highest BCUT2D eigenvalue weighted by Gasteiger charge is 2.18. The average Bonchev–Trinajstić information content (AvgIpc) is 2.30. The molecule has 0 aliphatic rings. The first-order valence-corrected chi connectivity index (χ1v) is 4.33. The number of methoxy groups -OCH3 is 2. The lowest BCUT2D eigenvalue weighted by Crippen LogP contribution is -2.20. The van der Waals surface area contributed by atoms with E-state index >= 15 is 0 Å². The van der Waals surface area contributed by atoms with Crippen LogP contribution in [0.5, 0.6) is 5.75 Å². The molecule has 0 heterocycles. The third kappa shape index (κ3) is 2.55. The Kier molecular flexibility index (Phi) is 3.83. The summed E-state index contributed by atoms with van der Waals surface area (Å²) in [6.07, 6.45) is -1.04. The zero-order chi connectivity index (χ0) is 11.3. The van der Waals surface area contributed by atoms with E-state index in [-0.39, 0.29) is 5.78 Å². The van der Waals surface area contributed by atoms with Crippen LogP contribution >= 0.6 is 0 Å². The fraction of sp³-hybridized carbons (Fsp3) is 0.273. The molecule has 1 aromatic rings. The fourth-order valence-electron chi connectivity index (χ4n) is 1.13. The summed E-state index contributed by atoms with van der Waals surface area (Å²) in [7, 11) is 2.87. The van der Waals surface area contributed by atoms with Crippen LogP contribution in [-0.4, -0.2) is 26.1 Å². The monoisotopic (exact) mass is 205 g/mol. The molecule has 0 aliphatic carbocycles. The van der Waals surface area contributed by atoms with Crippen LogP contribution in [-0.2, 0) is 4.74 Å². The highest BCUT2D eigenvalue weighted by atomic mass is 16.5. The molecular formula is C11H11NO3. The average molecular weight is 205 g/mol. The number of ketones is 1. The van der Waals surface area contributed by atoms with Gasteiger partial charge in [-0.2, -0.15) is 5.26 Å². The Morgan fingerprint density at radius 2 is 1.93 bits per heavy atom. The first-order valence-electron chi connectivity index (χ1n) is 4.33. The van der Waals surface area contributed by atoms with E-state index in [1.165, 1.54) is 7.11 Å². The quantitative estimate of drug-likeness (QED) is 0.697. The van der Waals surface area contributed by atoms with Gasteiger partial charge in [-0.15, -0.1) is 0 Å². The van der Waals surface area contributed by atoms with Crippen molar-refractivity contribution in [3.05, 3.63) is 29.8 Å². The molecule has 0 saturated heterocycles. The summed E-state index contributed by atoms with van der Waals surface area (Å²) in [5.74, 6) is 0.320. The van der Waals surface area contributed by atoms with Crippen LogP contribution in [0.25, 0.3) is 0 Å². The molecule has 0 bridgehead atoms. The lowest BCUT2D eigenvalue weighted by molar-refractivity contribution is 0.0735. The van der Waals surface area contributed by atoms with Gasteiger partial charge in [-0.3, -0.25) is 4.79 Å². The zero-order valence-electron chi connectivity index (χ0n) is 8.56. The van der Waals surface area contributed by atoms with Crippen LogP contribution in [0.1, 0.15) is 10.4 Å². The van der Waals surface area contributed by atoms with Crippen LogP contribution in [0.4, 0.5) is 0 Å². The standard InChI is InChI=1S/C11H11NO3/c1-14-9-5-3-8(4-6-9)11(13)10(7-12)15-2/h3-6,10H,1-2H3. The lowest BCUT2D eigenvalue weighted by atomic mass is 10.1. The second kappa shape index (κ2) is 5.13. The molecule has 0 spiro atoms. The molecule has 1 atom stereocenters. The predicted molar refractivity (Wildman–Crippen MR) is 53.7 cm³/mol. The van der Waals surface area contributed by atoms with Gasteiger partial charge in [-0.1, -0.05) is 0 Å². The van der Waals surface area contributed by atoms with Crippen LogP contribution in [0.3, 0.4) is 0 Å². The molecule has 4 heteroatoms. The molecule has 0 aromatic heterocycles. The number of benzene rings is 1. The molecule has 1 unspecified atom stereocenters. The number of hydrogen-bond acceptors (Lipinski definition) is 4. The number of ether oxygens (including phenoxy) is 2. The summed E-state index contributed by atoms with van der Waals surface area (Å²) in [4.78, 5) is 11.6. The Morgan fingerprint density at radius 1 is 1.33 bits per heavy atom. The van der Waals surface area contributed by atoms with E-state index in [0.717, 1.165) is 0 Å². The van der Waals surface area contributed by atoms with Gasteiger partial charge in [0, 0.05) is 12.7 Å². The normalized spacial score (nSPS) is 11.5. The van der Waals surface area contributed by atoms with E-state index in [1.807, 2.05) is 0 Å². The Hall–Kier alpha value is -1.86. The molecule has 4 nitrogen and oxygen atoms in total. The second-order valence-corrected chi connectivity index (χ2v) is 2.84.